The highest BCUT2D eigenvalue weighted by Gasteiger charge is 2.08. The van der Waals surface area contributed by atoms with E-state index in [0.717, 1.165) is 44.2 Å². The summed E-state index contributed by atoms with van der Waals surface area (Å²) in [6.45, 7) is 5.44. The first-order valence-electron chi connectivity index (χ1n) is 6.85. The molecule has 0 saturated heterocycles. The Morgan fingerprint density at radius 3 is 2.78 bits per heavy atom. The van der Waals surface area contributed by atoms with Crippen LogP contribution in [0, 0.1) is 5.82 Å². The Morgan fingerprint density at radius 1 is 1.33 bits per heavy atom. The second-order valence-corrected chi connectivity index (χ2v) is 5.04. The summed E-state index contributed by atoms with van der Waals surface area (Å²) in [5.74, 6) is -0.315. The number of nitrogens with one attached hydrogen (secondary N) is 1. The van der Waals surface area contributed by atoms with Crippen molar-refractivity contribution in [2.24, 2.45) is 0 Å². The summed E-state index contributed by atoms with van der Waals surface area (Å²) in [7, 11) is 0. The van der Waals surface area contributed by atoms with E-state index in [1.165, 1.54) is 6.07 Å². The number of hydrogen-bond donors (Lipinski definition) is 1. The summed E-state index contributed by atoms with van der Waals surface area (Å²) in [6.07, 6.45) is 5.30. The maximum Gasteiger partial charge on any atom is 0.142 e. The van der Waals surface area contributed by atoms with Gasteiger partial charge in [-0.15, -0.1) is 0 Å². The second kappa shape index (κ2) is 8.49. The maximum atomic E-state index is 13.3. The average molecular weight is 272 g/mol. The van der Waals surface area contributed by atoms with Gasteiger partial charge in [0.05, 0.1) is 5.02 Å². The lowest BCUT2D eigenvalue weighted by molar-refractivity contribution is 0.455. The van der Waals surface area contributed by atoms with Gasteiger partial charge < -0.3 is 5.32 Å². The van der Waals surface area contributed by atoms with Gasteiger partial charge in [-0.3, -0.25) is 0 Å². The van der Waals surface area contributed by atoms with Gasteiger partial charge in [0.15, 0.2) is 0 Å². The molecule has 0 saturated carbocycles. The van der Waals surface area contributed by atoms with E-state index in [1.807, 2.05) is 6.07 Å². The molecule has 0 spiro atoms. The normalized spacial score (nSPS) is 12.7. The highest BCUT2D eigenvalue weighted by molar-refractivity contribution is 6.31. The predicted molar refractivity (Wildman–Crippen MR) is 76.7 cm³/mol. The highest BCUT2D eigenvalue weighted by Crippen LogP contribution is 2.21. The molecule has 0 bridgehead atoms. The van der Waals surface area contributed by atoms with E-state index in [2.05, 4.69) is 19.2 Å². The number of hydrogen-bond acceptors (Lipinski definition) is 1. The quantitative estimate of drug-likeness (QED) is 0.730. The second-order valence-electron chi connectivity index (χ2n) is 4.66. The van der Waals surface area contributed by atoms with Crippen LogP contribution < -0.4 is 5.32 Å². The Labute approximate surface area is 115 Å². The fourth-order valence-corrected chi connectivity index (χ4v) is 2.30. The minimum absolute atomic E-state index is 0.284. The van der Waals surface area contributed by atoms with Crippen molar-refractivity contribution in [3.05, 3.63) is 34.6 Å². The molecule has 18 heavy (non-hydrogen) atoms. The minimum atomic E-state index is -0.315. The molecule has 0 aliphatic carbocycles. The van der Waals surface area contributed by atoms with Crippen molar-refractivity contribution in [1.82, 2.24) is 5.32 Å². The Hall–Kier alpha value is -0.600. The van der Waals surface area contributed by atoms with Crippen LogP contribution in [0.15, 0.2) is 18.2 Å². The van der Waals surface area contributed by atoms with Gasteiger partial charge in [-0.1, -0.05) is 37.6 Å². The van der Waals surface area contributed by atoms with E-state index in [4.69, 9.17) is 11.6 Å². The average Bonchev–Trinajstić information content (AvgIpc) is 2.38. The molecule has 3 heteroatoms. The van der Waals surface area contributed by atoms with Crippen LogP contribution >= 0.6 is 11.6 Å². The van der Waals surface area contributed by atoms with Crippen molar-refractivity contribution in [2.45, 2.75) is 52.0 Å². The van der Waals surface area contributed by atoms with Gasteiger partial charge in [0.1, 0.15) is 5.82 Å². The van der Waals surface area contributed by atoms with Crippen LogP contribution in [0.4, 0.5) is 4.39 Å². The van der Waals surface area contributed by atoms with Crippen molar-refractivity contribution < 1.29 is 4.39 Å². The number of halogens is 2. The fraction of sp³-hybridized carbons (Fsp3) is 0.600. The van der Waals surface area contributed by atoms with Crippen molar-refractivity contribution in [2.75, 3.05) is 6.54 Å². The first-order valence-corrected chi connectivity index (χ1v) is 7.23. The molecule has 1 aromatic carbocycles. The monoisotopic (exact) mass is 271 g/mol. The van der Waals surface area contributed by atoms with E-state index in [9.17, 15) is 4.39 Å². The Bertz CT molecular complexity index is 354. The summed E-state index contributed by atoms with van der Waals surface area (Å²) < 4.78 is 13.3. The lowest BCUT2D eigenvalue weighted by Gasteiger charge is -2.16. The maximum absolute atomic E-state index is 13.3. The van der Waals surface area contributed by atoms with Gasteiger partial charge in [-0.05, 0) is 50.3 Å². The zero-order valence-corrected chi connectivity index (χ0v) is 12.1. The Morgan fingerprint density at radius 2 is 2.11 bits per heavy atom. The zero-order chi connectivity index (χ0) is 13.4. The summed E-state index contributed by atoms with van der Waals surface area (Å²) >= 11 is 5.94. The van der Waals surface area contributed by atoms with E-state index in [-0.39, 0.29) is 10.8 Å². The van der Waals surface area contributed by atoms with Crippen molar-refractivity contribution in [3.8, 4) is 0 Å². The molecule has 1 aromatic rings. The molecule has 0 heterocycles. The summed E-state index contributed by atoms with van der Waals surface area (Å²) in [4.78, 5) is 0. The first kappa shape index (κ1) is 15.5. The van der Waals surface area contributed by atoms with Gasteiger partial charge in [0, 0.05) is 6.04 Å². The minimum Gasteiger partial charge on any atom is -0.314 e. The lowest BCUT2D eigenvalue weighted by Crippen LogP contribution is -2.29. The molecule has 0 radical (unpaired) electrons. The van der Waals surface area contributed by atoms with E-state index < -0.39 is 0 Å². The first-order chi connectivity index (χ1) is 8.69. The van der Waals surface area contributed by atoms with Gasteiger partial charge in [-0.25, -0.2) is 4.39 Å². The van der Waals surface area contributed by atoms with E-state index >= 15 is 0 Å². The van der Waals surface area contributed by atoms with Crippen LogP contribution in [0.25, 0.3) is 0 Å². The topological polar surface area (TPSA) is 12.0 Å². The molecular formula is C15H23ClFN. The van der Waals surface area contributed by atoms with Gasteiger partial charge >= 0.3 is 0 Å². The van der Waals surface area contributed by atoms with Gasteiger partial charge in [-0.2, -0.15) is 0 Å². The standard InChI is InChI=1S/C15H23ClFN/c1-3-11-18-13(4-2)9-5-7-12-8-6-10-14(17)15(12)16/h6,8,10,13,18H,3-5,7,9,11H2,1-2H3. The molecule has 1 N–H and O–H groups in total. The summed E-state index contributed by atoms with van der Waals surface area (Å²) in [6, 6.07) is 5.61. The van der Waals surface area contributed by atoms with E-state index in [1.54, 1.807) is 6.07 Å². The van der Waals surface area contributed by atoms with Crippen molar-refractivity contribution >= 4 is 11.6 Å². The summed E-state index contributed by atoms with van der Waals surface area (Å²) in [5, 5.41) is 3.81. The number of rotatable bonds is 8. The zero-order valence-electron chi connectivity index (χ0n) is 11.3. The third-order valence-corrected chi connectivity index (χ3v) is 3.63. The largest absolute Gasteiger partial charge is 0.314 e. The molecule has 1 nitrogen and oxygen atoms in total. The Kier molecular flexibility index (Phi) is 7.29. The third kappa shape index (κ3) is 4.95. The van der Waals surface area contributed by atoms with Crippen LogP contribution in [-0.4, -0.2) is 12.6 Å². The molecule has 1 rings (SSSR count). The predicted octanol–water partition coefficient (Wildman–Crippen LogP) is 4.58. The van der Waals surface area contributed by atoms with E-state index in [0.29, 0.717) is 6.04 Å². The number of aryl methyl sites for hydroxylation is 1. The SMILES string of the molecule is CCCNC(CC)CCCc1cccc(F)c1Cl. The van der Waals surface area contributed by atoms with Crippen molar-refractivity contribution in [3.63, 3.8) is 0 Å². The molecular weight excluding hydrogens is 249 g/mol. The highest BCUT2D eigenvalue weighted by atomic mass is 35.5. The molecule has 1 atom stereocenters. The molecule has 102 valence electrons. The number of benzene rings is 1. The summed E-state index contributed by atoms with van der Waals surface area (Å²) in [5.41, 5.74) is 0.919. The van der Waals surface area contributed by atoms with Crippen LogP contribution in [-0.2, 0) is 6.42 Å². The smallest absolute Gasteiger partial charge is 0.142 e. The molecule has 0 aliphatic heterocycles. The van der Waals surface area contributed by atoms with Crippen LogP contribution in [0.3, 0.4) is 0 Å². The van der Waals surface area contributed by atoms with Crippen LogP contribution in [0.2, 0.25) is 5.02 Å². The van der Waals surface area contributed by atoms with Gasteiger partial charge in [0.25, 0.3) is 0 Å². The Balaban J connectivity index is 2.38. The lowest BCUT2D eigenvalue weighted by atomic mass is 10.0. The molecule has 0 amide bonds. The third-order valence-electron chi connectivity index (χ3n) is 3.21. The molecule has 0 aromatic heterocycles. The van der Waals surface area contributed by atoms with Gasteiger partial charge in [0.2, 0.25) is 0 Å². The van der Waals surface area contributed by atoms with Crippen LogP contribution in [0.1, 0.15) is 45.1 Å². The van der Waals surface area contributed by atoms with Crippen LogP contribution in [0.5, 0.6) is 0 Å². The molecule has 0 fully saturated rings. The molecule has 1 unspecified atom stereocenters. The fourth-order valence-electron chi connectivity index (χ4n) is 2.08. The van der Waals surface area contributed by atoms with Crippen molar-refractivity contribution in [1.29, 1.82) is 0 Å². The molecule has 0 aliphatic rings.